The number of nitrogens with zero attached hydrogens (tertiary/aromatic N) is 1. The van der Waals surface area contributed by atoms with Crippen LogP contribution in [-0.4, -0.2) is 37.5 Å². The van der Waals surface area contributed by atoms with Gasteiger partial charge in [0.05, 0.1) is 6.54 Å². The van der Waals surface area contributed by atoms with Crippen molar-refractivity contribution in [2.45, 2.75) is 38.6 Å². The van der Waals surface area contributed by atoms with Gasteiger partial charge in [-0.05, 0) is 44.6 Å². The van der Waals surface area contributed by atoms with Crippen LogP contribution in [0.1, 0.15) is 38.7 Å². The molecule has 1 fully saturated rings. The van der Waals surface area contributed by atoms with Crippen molar-refractivity contribution in [2.75, 3.05) is 20.1 Å². The van der Waals surface area contributed by atoms with Gasteiger partial charge in [-0.15, -0.1) is 0 Å². The summed E-state index contributed by atoms with van der Waals surface area (Å²) >= 11 is 0. The summed E-state index contributed by atoms with van der Waals surface area (Å²) in [5, 5.41) is 9.28. The lowest BCUT2D eigenvalue weighted by molar-refractivity contribution is -0.121. The van der Waals surface area contributed by atoms with Crippen LogP contribution in [-0.2, 0) is 4.79 Å². The van der Waals surface area contributed by atoms with Crippen LogP contribution in [0.15, 0.2) is 35.3 Å². The van der Waals surface area contributed by atoms with Gasteiger partial charge in [-0.1, -0.05) is 30.3 Å². The SMILES string of the molecule is CN=C(NCC(=O)NC(C)(C)C)NCC1CC1c1ccccc1. The molecule has 1 aliphatic rings. The zero-order valence-electron chi connectivity index (χ0n) is 14.5. The molecule has 1 aromatic carbocycles. The van der Waals surface area contributed by atoms with Crippen molar-refractivity contribution in [3.05, 3.63) is 35.9 Å². The average Bonchev–Trinajstić information content (AvgIpc) is 3.26. The number of hydrogen-bond acceptors (Lipinski definition) is 2. The number of hydrogen-bond donors (Lipinski definition) is 3. The second-order valence-corrected chi connectivity index (χ2v) is 7.12. The first-order chi connectivity index (χ1) is 10.9. The third kappa shape index (κ3) is 5.93. The number of aliphatic imine (C=N–C) groups is 1. The maximum Gasteiger partial charge on any atom is 0.239 e. The van der Waals surface area contributed by atoms with E-state index in [-0.39, 0.29) is 18.0 Å². The molecule has 23 heavy (non-hydrogen) atoms. The maximum atomic E-state index is 11.8. The van der Waals surface area contributed by atoms with Gasteiger partial charge in [0.1, 0.15) is 0 Å². The lowest BCUT2D eigenvalue weighted by Crippen LogP contribution is -2.48. The largest absolute Gasteiger partial charge is 0.356 e. The minimum atomic E-state index is -0.216. The van der Waals surface area contributed by atoms with Gasteiger partial charge in [-0.2, -0.15) is 0 Å². The summed E-state index contributed by atoms with van der Waals surface area (Å²) in [6.07, 6.45) is 1.21. The quantitative estimate of drug-likeness (QED) is 0.574. The van der Waals surface area contributed by atoms with Crippen molar-refractivity contribution < 1.29 is 4.79 Å². The second kappa shape index (κ2) is 7.49. The summed E-state index contributed by atoms with van der Waals surface area (Å²) in [7, 11) is 1.72. The molecule has 0 aromatic heterocycles. The molecule has 0 bridgehead atoms. The molecule has 2 atom stereocenters. The van der Waals surface area contributed by atoms with Crippen LogP contribution >= 0.6 is 0 Å². The highest BCUT2D eigenvalue weighted by molar-refractivity contribution is 5.86. The van der Waals surface area contributed by atoms with E-state index in [0.29, 0.717) is 17.8 Å². The van der Waals surface area contributed by atoms with Crippen molar-refractivity contribution in [2.24, 2.45) is 10.9 Å². The molecule has 1 aromatic rings. The second-order valence-electron chi connectivity index (χ2n) is 7.12. The Kier molecular flexibility index (Phi) is 5.64. The fraction of sp³-hybridized carbons (Fsp3) is 0.556. The number of rotatable bonds is 5. The Balaban J connectivity index is 1.69. The zero-order chi connectivity index (χ0) is 16.9. The highest BCUT2D eigenvalue weighted by Gasteiger charge is 2.37. The predicted octanol–water partition coefficient (Wildman–Crippen LogP) is 1.87. The minimum absolute atomic E-state index is 0.0333. The Labute approximate surface area is 139 Å². The molecule has 1 aliphatic carbocycles. The van der Waals surface area contributed by atoms with Crippen molar-refractivity contribution in [3.8, 4) is 0 Å². The highest BCUT2D eigenvalue weighted by Crippen LogP contribution is 2.46. The summed E-state index contributed by atoms with van der Waals surface area (Å²) in [6, 6.07) is 10.6. The van der Waals surface area contributed by atoms with Gasteiger partial charge in [-0.3, -0.25) is 9.79 Å². The first-order valence-electron chi connectivity index (χ1n) is 8.19. The molecule has 5 nitrogen and oxygen atoms in total. The summed E-state index contributed by atoms with van der Waals surface area (Å²) in [5.74, 6) is 1.92. The molecule has 0 spiro atoms. The number of carbonyl (C=O) groups is 1. The monoisotopic (exact) mass is 316 g/mol. The van der Waals surface area contributed by atoms with Crippen LogP contribution in [0.3, 0.4) is 0 Å². The minimum Gasteiger partial charge on any atom is -0.356 e. The molecule has 1 saturated carbocycles. The molecular formula is C18H28N4O. The number of carbonyl (C=O) groups excluding carboxylic acids is 1. The maximum absolute atomic E-state index is 11.8. The lowest BCUT2D eigenvalue weighted by Gasteiger charge is -2.21. The highest BCUT2D eigenvalue weighted by atomic mass is 16.2. The van der Waals surface area contributed by atoms with Gasteiger partial charge in [0.15, 0.2) is 5.96 Å². The van der Waals surface area contributed by atoms with Crippen LogP contribution < -0.4 is 16.0 Å². The first-order valence-corrected chi connectivity index (χ1v) is 8.19. The van der Waals surface area contributed by atoms with Crippen molar-refractivity contribution >= 4 is 11.9 Å². The van der Waals surface area contributed by atoms with Crippen LogP contribution in [0.2, 0.25) is 0 Å². The van der Waals surface area contributed by atoms with Crippen LogP contribution in [0.4, 0.5) is 0 Å². The van der Waals surface area contributed by atoms with E-state index in [4.69, 9.17) is 0 Å². The summed E-state index contributed by atoms with van der Waals surface area (Å²) < 4.78 is 0. The molecule has 3 N–H and O–H groups in total. The molecule has 1 amide bonds. The molecule has 0 radical (unpaired) electrons. The van der Waals surface area contributed by atoms with Gasteiger partial charge < -0.3 is 16.0 Å². The fourth-order valence-corrected chi connectivity index (χ4v) is 2.66. The third-order valence-electron chi connectivity index (χ3n) is 3.84. The zero-order valence-corrected chi connectivity index (χ0v) is 14.5. The topological polar surface area (TPSA) is 65.5 Å². The molecule has 126 valence electrons. The average molecular weight is 316 g/mol. The van der Waals surface area contributed by atoms with E-state index in [0.717, 1.165) is 6.54 Å². The van der Waals surface area contributed by atoms with Crippen molar-refractivity contribution in [1.29, 1.82) is 0 Å². The third-order valence-corrected chi connectivity index (χ3v) is 3.84. The van der Waals surface area contributed by atoms with E-state index in [1.54, 1.807) is 7.05 Å². The molecular weight excluding hydrogens is 288 g/mol. The lowest BCUT2D eigenvalue weighted by atomic mass is 10.1. The first kappa shape index (κ1) is 17.3. The van der Waals surface area contributed by atoms with Gasteiger partial charge in [0.2, 0.25) is 5.91 Å². The molecule has 5 heteroatoms. The normalized spacial score (nSPS) is 20.8. The van der Waals surface area contributed by atoms with E-state index in [1.165, 1.54) is 12.0 Å². The van der Waals surface area contributed by atoms with Crippen molar-refractivity contribution in [3.63, 3.8) is 0 Å². The van der Waals surface area contributed by atoms with Gasteiger partial charge in [0.25, 0.3) is 0 Å². The predicted molar refractivity (Wildman–Crippen MR) is 94.6 cm³/mol. The molecule has 0 aliphatic heterocycles. The summed E-state index contributed by atoms with van der Waals surface area (Å²) in [6.45, 7) is 7.00. The summed E-state index contributed by atoms with van der Waals surface area (Å²) in [5.41, 5.74) is 1.19. The Bertz CT molecular complexity index is 548. The number of benzene rings is 1. The molecule has 0 saturated heterocycles. The molecule has 2 unspecified atom stereocenters. The van der Waals surface area contributed by atoms with E-state index in [9.17, 15) is 4.79 Å². The summed E-state index contributed by atoms with van der Waals surface area (Å²) in [4.78, 5) is 16.0. The Morgan fingerprint density at radius 3 is 2.52 bits per heavy atom. The van der Waals surface area contributed by atoms with Crippen molar-refractivity contribution in [1.82, 2.24) is 16.0 Å². The Hall–Kier alpha value is -2.04. The Morgan fingerprint density at radius 1 is 1.22 bits per heavy atom. The number of guanidine groups is 1. The Morgan fingerprint density at radius 2 is 1.91 bits per heavy atom. The van der Waals surface area contributed by atoms with Gasteiger partial charge >= 0.3 is 0 Å². The smallest absolute Gasteiger partial charge is 0.239 e. The van der Waals surface area contributed by atoms with Gasteiger partial charge in [0, 0.05) is 19.1 Å². The molecule has 2 rings (SSSR count). The van der Waals surface area contributed by atoms with Crippen LogP contribution in [0.25, 0.3) is 0 Å². The van der Waals surface area contributed by atoms with E-state index in [2.05, 4.69) is 45.2 Å². The van der Waals surface area contributed by atoms with Crippen LogP contribution in [0.5, 0.6) is 0 Å². The fourth-order valence-electron chi connectivity index (χ4n) is 2.66. The van der Waals surface area contributed by atoms with E-state index < -0.39 is 0 Å². The number of nitrogens with one attached hydrogen (secondary N) is 3. The number of amides is 1. The van der Waals surface area contributed by atoms with Gasteiger partial charge in [-0.25, -0.2) is 0 Å². The molecule has 0 heterocycles. The van der Waals surface area contributed by atoms with Crippen LogP contribution in [0, 0.1) is 5.92 Å². The van der Waals surface area contributed by atoms with E-state index in [1.807, 2.05) is 26.8 Å². The van der Waals surface area contributed by atoms with E-state index >= 15 is 0 Å². The standard InChI is InChI=1S/C18H28N4O/c1-18(2,3)22-16(23)12-21-17(19-4)20-11-14-10-15(14)13-8-6-5-7-9-13/h5-9,14-15H,10-12H2,1-4H3,(H,22,23)(H2,19,20,21).